The number of rotatable bonds is 2. The maximum Gasteiger partial charge on any atom is 0.157 e. The highest BCUT2D eigenvalue weighted by molar-refractivity contribution is 5.05. The van der Waals surface area contributed by atoms with Crippen molar-refractivity contribution in [3.63, 3.8) is 0 Å². The lowest BCUT2D eigenvalue weighted by molar-refractivity contribution is -0.114. The Morgan fingerprint density at radius 3 is 2.68 bits per heavy atom. The molecule has 2 heterocycles. The SMILES string of the molecule is Cc1cnc(C(O)C2CCOC3(CCCC3)C2)nc1. The third-order valence-electron chi connectivity index (χ3n) is 4.56. The molecule has 2 aliphatic rings. The van der Waals surface area contributed by atoms with Crippen molar-refractivity contribution in [2.75, 3.05) is 6.61 Å². The van der Waals surface area contributed by atoms with E-state index in [2.05, 4.69) is 9.97 Å². The molecule has 0 aromatic carbocycles. The molecule has 1 saturated carbocycles. The van der Waals surface area contributed by atoms with Gasteiger partial charge >= 0.3 is 0 Å². The molecule has 104 valence electrons. The van der Waals surface area contributed by atoms with Gasteiger partial charge in [0.15, 0.2) is 5.82 Å². The smallest absolute Gasteiger partial charge is 0.157 e. The Bertz CT molecular complexity index is 426. The number of hydrogen-bond acceptors (Lipinski definition) is 4. The quantitative estimate of drug-likeness (QED) is 0.890. The predicted molar refractivity (Wildman–Crippen MR) is 71.6 cm³/mol. The number of ether oxygens (including phenoxy) is 1. The first-order valence-corrected chi connectivity index (χ1v) is 7.29. The summed E-state index contributed by atoms with van der Waals surface area (Å²) in [6.07, 6.45) is 9.64. The van der Waals surface area contributed by atoms with Gasteiger partial charge in [0, 0.05) is 19.0 Å². The van der Waals surface area contributed by atoms with Crippen molar-refractivity contribution in [2.45, 2.75) is 57.2 Å². The molecule has 1 aromatic heterocycles. The predicted octanol–water partition coefficient (Wildman–Crippen LogP) is 2.56. The second-order valence-corrected chi connectivity index (χ2v) is 6.05. The van der Waals surface area contributed by atoms with Gasteiger partial charge < -0.3 is 9.84 Å². The summed E-state index contributed by atoms with van der Waals surface area (Å²) in [4.78, 5) is 8.53. The van der Waals surface area contributed by atoms with Crippen molar-refractivity contribution >= 4 is 0 Å². The van der Waals surface area contributed by atoms with Gasteiger partial charge in [0.2, 0.25) is 0 Å². The summed E-state index contributed by atoms with van der Waals surface area (Å²) in [6, 6.07) is 0. The topological polar surface area (TPSA) is 55.2 Å². The summed E-state index contributed by atoms with van der Waals surface area (Å²) in [6.45, 7) is 2.71. The Kier molecular flexibility index (Phi) is 3.54. The number of aliphatic hydroxyl groups is 1. The van der Waals surface area contributed by atoms with E-state index in [4.69, 9.17) is 4.74 Å². The molecule has 0 amide bonds. The van der Waals surface area contributed by atoms with E-state index in [0.717, 1.165) is 37.9 Å². The minimum Gasteiger partial charge on any atom is -0.385 e. The second kappa shape index (κ2) is 5.17. The summed E-state index contributed by atoms with van der Waals surface area (Å²) >= 11 is 0. The Balaban J connectivity index is 1.72. The molecule has 19 heavy (non-hydrogen) atoms. The molecule has 1 N–H and O–H groups in total. The zero-order valence-electron chi connectivity index (χ0n) is 11.5. The zero-order chi connectivity index (χ0) is 13.3. The minimum absolute atomic E-state index is 0.0363. The Hall–Kier alpha value is -1.00. The molecule has 1 aliphatic heterocycles. The number of aryl methyl sites for hydroxylation is 1. The molecule has 3 rings (SSSR count). The van der Waals surface area contributed by atoms with Crippen LogP contribution in [-0.2, 0) is 4.74 Å². The Morgan fingerprint density at radius 2 is 2.00 bits per heavy atom. The van der Waals surface area contributed by atoms with Crippen LogP contribution in [0.5, 0.6) is 0 Å². The van der Waals surface area contributed by atoms with E-state index < -0.39 is 6.10 Å². The summed E-state index contributed by atoms with van der Waals surface area (Å²) in [5.41, 5.74) is 1.06. The molecule has 2 unspecified atom stereocenters. The largest absolute Gasteiger partial charge is 0.385 e. The van der Waals surface area contributed by atoms with Crippen molar-refractivity contribution in [1.29, 1.82) is 0 Å². The molecule has 1 aromatic rings. The lowest BCUT2D eigenvalue weighted by atomic mass is 9.81. The summed E-state index contributed by atoms with van der Waals surface area (Å²) < 4.78 is 6.01. The van der Waals surface area contributed by atoms with Crippen LogP contribution in [0.1, 0.15) is 56.0 Å². The van der Waals surface area contributed by atoms with Crippen LogP contribution in [0.25, 0.3) is 0 Å². The zero-order valence-corrected chi connectivity index (χ0v) is 11.5. The number of nitrogens with zero attached hydrogens (tertiary/aromatic N) is 2. The number of hydrogen-bond donors (Lipinski definition) is 1. The molecule has 4 nitrogen and oxygen atoms in total. The average molecular weight is 262 g/mol. The average Bonchev–Trinajstić information content (AvgIpc) is 2.87. The summed E-state index contributed by atoms with van der Waals surface area (Å²) in [5, 5.41) is 10.5. The van der Waals surface area contributed by atoms with Crippen LogP contribution in [-0.4, -0.2) is 27.3 Å². The van der Waals surface area contributed by atoms with E-state index in [1.54, 1.807) is 12.4 Å². The number of aliphatic hydroxyl groups excluding tert-OH is 1. The highest BCUT2D eigenvalue weighted by atomic mass is 16.5. The van der Waals surface area contributed by atoms with Gasteiger partial charge in [0.05, 0.1) is 5.60 Å². The Labute approximate surface area is 114 Å². The Morgan fingerprint density at radius 1 is 1.32 bits per heavy atom. The van der Waals surface area contributed by atoms with E-state index >= 15 is 0 Å². The first kappa shape index (κ1) is 13.0. The van der Waals surface area contributed by atoms with Crippen molar-refractivity contribution in [1.82, 2.24) is 9.97 Å². The van der Waals surface area contributed by atoms with E-state index in [1.807, 2.05) is 6.92 Å². The van der Waals surface area contributed by atoms with E-state index in [-0.39, 0.29) is 11.5 Å². The highest BCUT2D eigenvalue weighted by Crippen LogP contribution is 2.44. The van der Waals surface area contributed by atoms with Crippen LogP contribution in [0.2, 0.25) is 0 Å². The van der Waals surface area contributed by atoms with Crippen LogP contribution in [0.3, 0.4) is 0 Å². The van der Waals surface area contributed by atoms with Gasteiger partial charge in [-0.25, -0.2) is 9.97 Å². The third kappa shape index (κ3) is 2.65. The fourth-order valence-electron chi connectivity index (χ4n) is 3.47. The van der Waals surface area contributed by atoms with E-state index in [0.29, 0.717) is 5.82 Å². The lowest BCUT2D eigenvalue weighted by Gasteiger charge is -2.39. The summed E-state index contributed by atoms with van der Waals surface area (Å²) in [7, 11) is 0. The normalized spacial score (nSPS) is 27.6. The molecule has 1 spiro atoms. The van der Waals surface area contributed by atoms with Gasteiger partial charge in [0.1, 0.15) is 6.10 Å². The van der Waals surface area contributed by atoms with Crippen LogP contribution in [0, 0.1) is 12.8 Å². The van der Waals surface area contributed by atoms with Crippen LogP contribution in [0.15, 0.2) is 12.4 Å². The fourth-order valence-corrected chi connectivity index (χ4v) is 3.47. The van der Waals surface area contributed by atoms with E-state index in [1.165, 1.54) is 12.8 Å². The molecule has 0 radical (unpaired) electrons. The first-order chi connectivity index (χ1) is 9.19. The molecular weight excluding hydrogens is 240 g/mol. The van der Waals surface area contributed by atoms with Gasteiger partial charge in [0.25, 0.3) is 0 Å². The third-order valence-corrected chi connectivity index (χ3v) is 4.56. The second-order valence-electron chi connectivity index (χ2n) is 6.05. The van der Waals surface area contributed by atoms with Crippen LogP contribution >= 0.6 is 0 Å². The molecule has 1 aliphatic carbocycles. The van der Waals surface area contributed by atoms with Gasteiger partial charge in [-0.05, 0) is 44.1 Å². The van der Waals surface area contributed by atoms with Gasteiger partial charge in [-0.15, -0.1) is 0 Å². The number of aromatic nitrogens is 2. The first-order valence-electron chi connectivity index (χ1n) is 7.29. The van der Waals surface area contributed by atoms with Crippen LogP contribution < -0.4 is 0 Å². The van der Waals surface area contributed by atoms with E-state index in [9.17, 15) is 5.11 Å². The van der Waals surface area contributed by atoms with Crippen molar-refractivity contribution in [2.24, 2.45) is 5.92 Å². The minimum atomic E-state index is -0.554. The monoisotopic (exact) mass is 262 g/mol. The summed E-state index contributed by atoms with van der Waals surface area (Å²) in [5.74, 6) is 0.792. The molecule has 0 bridgehead atoms. The highest BCUT2D eigenvalue weighted by Gasteiger charge is 2.42. The van der Waals surface area contributed by atoms with Gasteiger partial charge in [-0.2, -0.15) is 0 Å². The standard InChI is InChI=1S/C15H22N2O2/c1-11-9-16-14(17-10-11)13(18)12-4-7-19-15(8-12)5-2-3-6-15/h9-10,12-13,18H,2-8H2,1H3. The van der Waals surface area contributed by atoms with Crippen molar-refractivity contribution in [3.8, 4) is 0 Å². The maximum absolute atomic E-state index is 10.5. The molecule has 2 atom stereocenters. The van der Waals surface area contributed by atoms with Gasteiger partial charge in [-0.3, -0.25) is 0 Å². The van der Waals surface area contributed by atoms with Gasteiger partial charge in [-0.1, -0.05) is 12.8 Å². The molecule has 4 heteroatoms. The fraction of sp³-hybridized carbons (Fsp3) is 0.733. The molecule has 1 saturated heterocycles. The lowest BCUT2D eigenvalue weighted by Crippen LogP contribution is -2.39. The molecule has 2 fully saturated rings. The molecular formula is C15H22N2O2. The van der Waals surface area contributed by atoms with Crippen molar-refractivity contribution in [3.05, 3.63) is 23.8 Å². The van der Waals surface area contributed by atoms with Crippen molar-refractivity contribution < 1.29 is 9.84 Å². The maximum atomic E-state index is 10.5. The van der Waals surface area contributed by atoms with Crippen LogP contribution in [0.4, 0.5) is 0 Å².